The number of aliphatic hydroxyl groups excluding tert-OH is 1. The van der Waals surface area contributed by atoms with Crippen molar-refractivity contribution in [2.24, 2.45) is 0 Å². The quantitative estimate of drug-likeness (QED) is 0.0169. The molecule has 104 heavy (non-hydrogen) atoms. The van der Waals surface area contributed by atoms with E-state index in [4.69, 9.17) is 37.0 Å². The van der Waals surface area contributed by atoms with Gasteiger partial charge in [0.25, 0.3) is 0 Å². The SMILES string of the molecule is CC/C=C\C/C=C\C/C=C\C/C=C\C/C=C\C/C=C\CCC(=O)OCC(COP(=O)(O)OCC(O)COP(=O)(O)OCC(COC(=O)CCCCCC/C=C\C/C=C\C/C=C\C/C=C\CC)OC(=O)CCCCCCC/C=C\CCCCCCCC)OC(=O)CCCCCCC/C=C\CCCCCC. The highest BCUT2D eigenvalue weighted by Gasteiger charge is 2.30. The van der Waals surface area contributed by atoms with Crippen LogP contribution < -0.4 is 0 Å². The molecule has 594 valence electrons. The summed E-state index contributed by atoms with van der Waals surface area (Å²) in [6.07, 6.45) is 87.0. The van der Waals surface area contributed by atoms with Crippen molar-refractivity contribution in [2.75, 3.05) is 39.6 Å². The lowest BCUT2D eigenvalue weighted by molar-refractivity contribution is -0.161. The molecule has 0 aliphatic rings. The van der Waals surface area contributed by atoms with Gasteiger partial charge in [-0.1, -0.05) is 276 Å². The first-order valence-corrected chi connectivity index (χ1v) is 43.1. The zero-order valence-corrected chi connectivity index (χ0v) is 66.7. The van der Waals surface area contributed by atoms with E-state index in [9.17, 15) is 43.2 Å². The minimum absolute atomic E-state index is 0.0309. The molecule has 0 aliphatic heterocycles. The van der Waals surface area contributed by atoms with E-state index in [1.54, 1.807) is 0 Å². The summed E-state index contributed by atoms with van der Waals surface area (Å²) in [4.78, 5) is 73.0. The van der Waals surface area contributed by atoms with Crippen LogP contribution >= 0.6 is 15.6 Å². The molecule has 0 bridgehead atoms. The maximum atomic E-state index is 13.1. The smallest absolute Gasteiger partial charge is 0.462 e. The number of unbranched alkanes of at least 4 members (excludes halogenated alkanes) is 24. The molecule has 0 fully saturated rings. The molecule has 0 aromatic rings. The van der Waals surface area contributed by atoms with E-state index in [2.05, 4.69) is 155 Å². The third-order valence-electron chi connectivity index (χ3n) is 16.3. The van der Waals surface area contributed by atoms with E-state index in [-0.39, 0.29) is 25.7 Å². The number of aliphatic hydroxyl groups is 1. The first-order valence-electron chi connectivity index (χ1n) is 40.1. The number of phosphoric acid groups is 2. The van der Waals surface area contributed by atoms with Crippen LogP contribution in [0.3, 0.4) is 0 Å². The number of rotatable bonds is 74. The van der Waals surface area contributed by atoms with E-state index >= 15 is 0 Å². The summed E-state index contributed by atoms with van der Waals surface area (Å²) in [7, 11) is -9.99. The summed E-state index contributed by atoms with van der Waals surface area (Å²) in [6, 6.07) is 0. The molecule has 0 heterocycles. The minimum atomic E-state index is -5.00. The van der Waals surface area contributed by atoms with Gasteiger partial charge in [0.1, 0.15) is 19.3 Å². The zero-order chi connectivity index (χ0) is 76.0. The summed E-state index contributed by atoms with van der Waals surface area (Å²) in [5.74, 6) is -2.32. The maximum absolute atomic E-state index is 13.1. The van der Waals surface area contributed by atoms with Gasteiger partial charge >= 0.3 is 39.5 Å². The Balaban J connectivity index is 5.45. The third kappa shape index (κ3) is 75.2. The molecule has 0 radical (unpaired) electrons. The maximum Gasteiger partial charge on any atom is 0.472 e. The fourth-order valence-corrected chi connectivity index (χ4v) is 11.8. The fraction of sp³-hybridized carbons (Fsp3) is 0.671. The zero-order valence-electron chi connectivity index (χ0n) is 64.9. The van der Waals surface area contributed by atoms with E-state index in [0.717, 1.165) is 161 Å². The Kier molecular flexibility index (Phi) is 72.4. The van der Waals surface area contributed by atoms with Gasteiger partial charge in [0.2, 0.25) is 0 Å². The number of allylic oxidation sites excluding steroid dienone is 24. The Morgan fingerprint density at radius 3 is 0.846 bits per heavy atom. The Morgan fingerprint density at radius 1 is 0.279 bits per heavy atom. The molecule has 0 aromatic carbocycles. The standard InChI is InChI=1S/C85H142O17P2/c1-5-9-13-17-21-25-29-33-36-38-39-41-44-47-50-54-58-62-66-70-83(88)95-75-80(101-84(89)71-67-63-59-55-51-45-32-28-24-20-16-12-8-4)77-99-103(91,92)97-73-79(86)74-98-104(93,94)100-78-81(102-85(90)72-68-64-60-56-52-48-42-35-31-27-23-19-15-11-7-3)76-96-82(87)69-65-61-57-53-49-46-43-40-37-34-30-26-22-18-14-10-6-2/h9-10,13-14,21-22,25-26,28,32-37,39,41-43,46-47,50,58,62,79-81,86H,5-8,11-12,15-20,23-24,27,29-31,38,40,44-45,48-49,51-57,59-61,63-78H2,1-4H3,(H,91,92)(H,93,94)/b13-9-,14-10-,25-21-,26-22-,32-28-,36-33-,37-34-,41-39-,42-35-,46-43-,50-47-,62-58-. The van der Waals surface area contributed by atoms with Gasteiger partial charge in [-0.2, -0.15) is 0 Å². The Bertz CT molecular complexity index is 2540. The van der Waals surface area contributed by atoms with Gasteiger partial charge in [-0.25, -0.2) is 9.13 Å². The van der Waals surface area contributed by atoms with Crippen molar-refractivity contribution in [2.45, 2.75) is 329 Å². The highest BCUT2D eigenvalue weighted by atomic mass is 31.2. The molecular weight excluding hydrogens is 1350 g/mol. The van der Waals surface area contributed by atoms with Crippen molar-refractivity contribution in [3.8, 4) is 0 Å². The van der Waals surface area contributed by atoms with Crippen molar-refractivity contribution in [3.63, 3.8) is 0 Å². The Morgan fingerprint density at radius 2 is 0.519 bits per heavy atom. The predicted octanol–water partition coefficient (Wildman–Crippen LogP) is 23.4. The summed E-state index contributed by atoms with van der Waals surface area (Å²) >= 11 is 0. The number of esters is 4. The van der Waals surface area contributed by atoms with E-state index in [1.807, 2.05) is 18.2 Å². The summed E-state index contributed by atoms with van der Waals surface area (Å²) in [5.41, 5.74) is 0. The van der Waals surface area contributed by atoms with Gasteiger partial charge in [0.05, 0.1) is 26.4 Å². The lowest BCUT2D eigenvalue weighted by atomic mass is 10.1. The number of carbonyl (C=O) groups excluding carboxylic acids is 4. The van der Waals surface area contributed by atoms with Crippen molar-refractivity contribution < 1.29 is 80.2 Å². The first-order chi connectivity index (χ1) is 50.7. The van der Waals surface area contributed by atoms with Crippen LogP contribution in [0.4, 0.5) is 0 Å². The molecule has 0 rings (SSSR count). The molecule has 5 atom stereocenters. The van der Waals surface area contributed by atoms with Crippen LogP contribution in [-0.4, -0.2) is 96.7 Å². The van der Waals surface area contributed by atoms with Crippen LogP contribution in [-0.2, 0) is 65.4 Å². The van der Waals surface area contributed by atoms with E-state index in [1.165, 1.54) is 64.2 Å². The molecule has 0 amide bonds. The van der Waals surface area contributed by atoms with Gasteiger partial charge in [-0.15, -0.1) is 0 Å². The van der Waals surface area contributed by atoms with Crippen LogP contribution in [0.1, 0.15) is 310 Å². The van der Waals surface area contributed by atoms with Gasteiger partial charge in [-0.05, 0) is 154 Å². The van der Waals surface area contributed by atoms with Crippen LogP contribution in [0.15, 0.2) is 146 Å². The number of carbonyl (C=O) groups is 4. The van der Waals surface area contributed by atoms with Crippen LogP contribution in [0.2, 0.25) is 0 Å². The van der Waals surface area contributed by atoms with Crippen molar-refractivity contribution in [1.29, 1.82) is 0 Å². The topological polar surface area (TPSA) is 237 Å². The van der Waals surface area contributed by atoms with Gasteiger partial charge in [0.15, 0.2) is 12.2 Å². The average Bonchev–Trinajstić information content (AvgIpc) is 0.939. The molecule has 17 nitrogen and oxygen atoms in total. The van der Waals surface area contributed by atoms with Crippen LogP contribution in [0.25, 0.3) is 0 Å². The molecule has 0 spiro atoms. The second kappa shape index (κ2) is 76.1. The minimum Gasteiger partial charge on any atom is -0.462 e. The summed E-state index contributed by atoms with van der Waals surface area (Å²) in [5, 5.41) is 10.6. The number of ether oxygens (including phenoxy) is 4. The van der Waals surface area contributed by atoms with E-state index in [0.29, 0.717) is 32.1 Å². The molecule has 19 heteroatoms. The molecule has 5 unspecified atom stereocenters. The molecule has 0 saturated carbocycles. The lowest BCUT2D eigenvalue weighted by Crippen LogP contribution is -2.30. The average molecular weight is 1500 g/mol. The molecule has 0 aliphatic carbocycles. The van der Waals surface area contributed by atoms with Crippen molar-refractivity contribution >= 4 is 39.5 Å². The monoisotopic (exact) mass is 1500 g/mol. The first kappa shape index (κ1) is 98.9. The third-order valence-corrected chi connectivity index (χ3v) is 18.2. The highest BCUT2D eigenvalue weighted by molar-refractivity contribution is 7.47. The second-order valence-corrected chi connectivity index (χ2v) is 29.1. The molecule has 0 aromatic heterocycles. The van der Waals surface area contributed by atoms with Gasteiger partial charge < -0.3 is 33.8 Å². The number of hydrogen-bond donors (Lipinski definition) is 3. The molecule has 3 N–H and O–H groups in total. The highest BCUT2D eigenvalue weighted by Crippen LogP contribution is 2.45. The fourth-order valence-electron chi connectivity index (χ4n) is 10.2. The van der Waals surface area contributed by atoms with Crippen molar-refractivity contribution in [3.05, 3.63) is 146 Å². The van der Waals surface area contributed by atoms with E-state index < -0.39 is 97.5 Å². The normalized spacial score (nSPS) is 14.6. The van der Waals surface area contributed by atoms with Crippen LogP contribution in [0, 0.1) is 0 Å². The molecule has 0 saturated heterocycles. The Labute approximate surface area is 630 Å². The van der Waals surface area contributed by atoms with Crippen LogP contribution in [0.5, 0.6) is 0 Å². The Hall–Kier alpha value is -5.06. The van der Waals surface area contributed by atoms with Gasteiger partial charge in [-0.3, -0.25) is 37.3 Å². The summed E-state index contributed by atoms with van der Waals surface area (Å²) in [6.45, 7) is 4.50. The largest absolute Gasteiger partial charge is 0.472 e. The number of phosphoric ester groups is 2. The number of hydrogen-bond acceptors (Lipinski definition) is 15. The van der Waals surface area contributed by atoms with Crippen molar-refractivity contribution in [1.82, 2.24) is 0 Å². The summed E-state index contributed by atoms with van der Waals surface area (Å²) < 4.78 is 68.5. The molecular formula is C85H142O17P2. The second-order valence-electron chi connectivity index (χ2n) is 26.2. The lowest BCUT2D eigenvalue weighted by Gasteiger charge is -2.21. The predicted molar refractivity (Wildman–Crippen MR) is 427 cm³/mol. The van der Waals surface area contributed by atoms with Gasteiger partial charge in [0, 0.05) is 25.7 Å².